The molecule has 1 unspecified atom stereocenters. The van der Waals surface area contributed by atoms with E-state index in [1.807, 2.05) is 0 Å². The number of nitrogens with one attached hydrogen (secondary N) is 3. The van der Waals surface area contributed by atoms with Gasteiger partial charge >= 0.3 is 0 Å². The molecule has 0 spiro atoms. The predicted molar refractivity (Wildman–Crippen MR) is 140 cm³/mol. The molecule has 0 saturated carbocycles. The van der Waals surface area contributed by atoms with Crippen LogP contribution in [0.3, 0.4) is 0 Å². The van der Waals surface area contributed by atoms with Crippen molar-refractivity contribution in [2.75, 3.05) is 38.7 Å². The van der Waals surface area contributed by atoms with Crippen LogP contribution in [0.25, 0.3) is 0 Å². The van der Waals surface area contributed by atoms with E-state index in [4.69, 9.17) is 9.47 Å². The van der Waals surface area contributed by atoms with Gasteiger partial charge in [0.25, 0.3) is 11.8 Å². The van der Waals surface area contributed by atoms with E-state index in [1.54, 1.807) is 24.3 Å². The second kappa shape index (κ2) is 13.7. The maximum atomic E-state index is 12.7. The highest BCUT2D eigenvalue weighted by atomic mass is 32.2. The van der Waals surface area contributed by atoms with Gasteiger partial charge < -0.3 is 20.1 Å². The molecule has 3 N–H and O–H groups in total. The number of rotatable bonds is 12. The fourth-order valence-electron chi connectivity index (χ4n) is 3.48. The molecule has 1 heterocycles. The lowest BCUT2D eigenvalue weighted by molar-refractivity contribution is -0.123. The average Bonchev–Trinajstić information content (AvgIpc) is 3.41. The predicted octanol–water partition coefficient (Wildman–Crippen LogP) is 1.09. The van der Waals surface area contributed by atoms with Crippen molar-refractivity contribution in [3.63, 3.8) is 0 Å². The molecule has 38 heavy (non-hydrogen) atoms. The first-order valence-corrected chi connectivity index (χ1v) is 13.3. The van der Waals surface area contributed by atoms with Crippen molar-refractivity contribution in [2.45, 2.75) is 30.8 Å². The lowest BCUT2D eigenvalue weighted by Gasteiger charge is -2.16. The molecule has 0 aromatic heterocycles. The minimum absolute atomic E-state index is 0.0203. The monoisotopic (exact) mass is 545 g/mol. The van der Waals surface area contributed by atoms with Gasteiger partial charge in [-0.1, -0.05) is 0 Å². The summed E-state index contributed by atoms with van der Waals surface area (Å²) in [6, 6.07) is 12.3. The van der Waals surface area contributed by atoms with E-state index in [-0.39, 0.29) is 29.4 Å². The fourth-order valence-corrected chi connectivity index (χ4v) is 4.60. The van der Waals surface area contributed by atoms with Gasteiger partial charge in [0.15, 0.2) is 6.61 Å². The summed E-state index contributed by atoms with van der Waals surface area (Å²) < 4.78 is 37.2. The topological polar surface area (TPSA) is 156 Å². The molecular weight excluding hydrogens is 514 g/mol. The van der Waals surface area contributed by atoms with Gasteiger partial charge in [0.05, 0.1) is 23.8 Å². The van der Waals surface area contributed by atoms with Crippen molar-refractivity contribution in [1.29, 1.82) is 0 Å². The smallest absolute Gasteiger partial charge is 0.258 e. The summed E-state index contributed by atoms with van der Waals surface area (Å²) >= 11 is 0. The van der Waals surface area contributed by atoms with Crippen LogP contribution in [-0.4, -0.2) is 76.1 Å². The Morgan fingerprint density at radius 1 is 1.11 bits per heavy atom. The first-order chi connectivity index (χ1) is 18.1. The summed E-state index contributed by atoms with van der Waals surface area (Å²) in [7, 11) is -2.64. The molecule has 204 valence electrons. The lowest BCUT2D eigenvalue weighted by atomic mass is 10.2. The SMILES string of the molecule is CC(=O)Nc1ccc(S(=O)(=O)N(C)CC(=O)N/N=C\c2ccc(OCC(=O)NCC3CCCO3)cc2)cc1. The maximum Gasteiger partial charge on any atom is 0.258 e. The zero-order valence-electron chi connectivity index (χ0n) is 21.2. The number of amides is 3. The number of hydrazone groups is 1. The van der Waals surface area contributed by atoms with Gasteiger partial charge in [-0.15, -0.1) is 0 Å². The average molecular weight is 546 g/mol. The number of likely N-dealkylation sites (N-methyl/N-ethyl adjacent to an activating group) is 1. The number of anilines is 1. The van der Waals surface area contributed by atoms with E-state index in [2.05, 4.69) is 21.2 Å². The molecule has 1 saturated heterocycles. The number of sulfonamides is 1. The summed E-state index contributed by atoms with van der Waals surface area (Å²) in [4.78, 5) is 35.2. The number of hydrogen-bond donors (Lipinski definition) is 3. The van der Waals surface area contributed by atoms with Crippen LogP contribution in [0, 0.1) is 0 Å². The van der Waals surface area contributed by atoms with Crippen molar-refractivity contribution in [1.82, 2.24) is 15.0 Å². The molecule has 0 aliphatic carbocycles. The van der Waals surface area contributed by atoms with Gasteiger partial charge in [0.1, 0.15) is 5.75 Å². The van der Waals surface area contributed by atoms with Crippen molar-refractivity contribution in [3.8, 4) is 5.75 Å². The summed E-state index contributed by atoms with van der Waals surface area (Å²) in [5, 5.41) is 9.19. The van der Waals surface area contributed by atoms with Crippen molar-refractivity contribution >= 4 is 39.6 Å². The third-order valence-electron chi connectivity index (χ3n) is 5.45. The zero-order valence-corrected chi connectivity index (χ0v) is 22.0. The molecule has 2 aromatic carbocycles. The highest BCUT2D eigenvalue weighted by Gasteiger charge is 2.23. The maximum absolute atomic E-state index is 12.7. The van der Waals surface area contributed by atoms with Crippen molar-refractivity contribution < 1.29 is 32.3 Å². The minimum atomic E-state index is -3.92. The Morgan fingerprint density at radius 3 is 2.45 bits per heavy atom. The standard InChI is InChI=1S/C25H31N5O7S/c1-18(31)28-20-7-11-23(12-8-20)38(34,35)30(2)16-24(32)29-27-14-19-5-9-21(10-6-19)37-17-25(33)26-15-22-4-3-13-36-22/h5-12,14,22H,3-4,13,15-17H2,1-2H3,(H,26,33)(H,28,31)(H,29,32)/b27-14-. The number of carbonyl (C=O) groups excluding carboxylic acids is 3. The molecule has 1 fully saturated rings. The van der Waals surface area contributed by atoms with Crippen LogP contribution < -0.4 is 20.8 Å². The van der Waals surface area contributed by atoms with Crippen LogP contribution in [0.5, 0.6) is 5.75 Å². The molecule has 12 nitrogen and oxygen atoms in total. The quantitative estimate of drug-likeness (QED) is 0.266. The molecule has 1 atom stereocenters. The lowest BCUT2D eigenvalue weighted by Crippen LogP contribution is -2.36. The van der Waals surface area contributed by atoms with E-state index in [1.165, 1.54) is 44.5 Å². The van der Waals surface area contributed by atoms with Gasteiger partial charge in [0.2, 0.25) is 15.9 Å². The summed E-state index contributed by atoms with van der Waals surface area (Å²) in [6.45, 7) is 1.98. The molecule has 3 rings (SSSR count). The summed E-state index contributed by atoms with van der Waals surface area (Å²) in [5.41, 5.74) is 3.40. The highest BCUT2D eigenvalue weighted by Crippen LogP contribution is 2.17. The Bertz CT molecular complexity index is 1240. The number of benzene rings is 2. The summed E-state index contributed by atoms with van der Waals surface area (Å²) in [5.74, 6) is -0.640. The molecule has 1 aliphatic rings. The van der Waals surface area contributed by atoms with Crippen molar-refractivity contribution in [3.05, 3.63) is 54.1 Å². The third kappa shape index (κ3) is 8.94. The Labute approximate surface area is 221 Å². The first kappa shape index (κ1) is 28.8. The normalized spacial score (nSPS) is 15.4. The Kier molecular flexibility index (Phi) is 10.3. The third-order valence-corrected chi connectivity index (χ3v) is 7.27. The largest absolute Gasteiger partial charge is 0.484 e. The molecule has 1 aliphatic heterocycles. The van der Waals surface area contributed by atoms with Gasteiger partial charge in [-0.2, -0.15) is 9.41 Å². The summed E-state index contributed by atoms with van der Waals surface area (Å²) in [6.07, 6.45) is 3.41. The second-order valence-corrected chi connectivity index (χ2v) is 10.6. The number of nitrogens with zero attached hydrogens (tertiary/aromatic N) is 2. The zero-order chi connectivity index (χ0) is 27.5. The minimum Gasteiger partial charge on any atom is -0.484 e. The number of ether oxygens (including phenoxy) is 2. The second-order valence-electron chi connectivity index (χ2n) is 8.56. The van der Waals surface area contributed by atoms with Gasteiger partial charge in [-0.25, -0.2) is 13.8 Å². The number of carbonyl (C=O) groups is 3. The molecule has 13 heteroatoms. The van der Waals surface area contributed by atoms with E-state index >= 15 is 0 Å². The highest BCUT2D eigenvalue weighted by molar-refractivity contribution is 7.89. The van der Waals surface area contributed by atoms with E-state index in [0.29, 0.717) is 23.5 Å². The molecule has 2 aromatic rings. The van der Waals surface area contributed by atoms with Gasteiger partial charge in [-0.3, -0.25) is 14.4 Å². The van der Waals surface area contributed by atoms with Crippen LogP contribution in [0.2, 0.25) is 0 Å². The van der Waals surface area contributed by atoms with Crippen LogP contribution in [0.4, 0.5) is 5.69 Å². The fraction of sp³-hybridized carbons (Fsp3) is 0.360. The molecule has 0 bridgehead atoms. The van der Waals surface area contributed by atoms with E-state index in [9.17, 15) is 22.8 Å². The Hall–Kier alpha value is -3.81. The van der Waals surface area contributed by atoms with E-state index < -0.39 is 22.5 Å². The number of hydrogen-bond acceptors (Lipinski definition) is 8. The van der Waals surface area contributed by atoms with Crippen molar-refractivity contribution in [2.24, 2.45) is 5.10 Å². The van der Waals surface area contributed by atoms with Crippen LogP contribution >= 0.6 is 0 Å². The van der Waals surface area contributed by atoms with Gasteiger partial charge in [-0.05, 0) is 66.9 Å². The van der Waals surface area contributed by atoms with Crippen LogP contribution in [0.1, 0.15) is 25.3 Å². The van der Waals surface area contributed by atoms with Crippen LogP contribution in [-0.2, 0) is 29.1 Å². The Morgan fingerprint density at radius 2 is 1.82 bits per heavy atom. The van der Waals surface area contributed by atoms with E-state index in [0.717, 1.165) is 23.8 Å². The first-order valence-electron chi connectivity index (χ1n) is 11.9. The van der Waals surface area contributed by atoms with Gasteiger partial charge in [0, 0.05) is 32.8 Å². The van der Waals surface area contributed by atoms with Crippen LogP contribution in [0.15, 0.2) is 58.5 Å². The molecule has 3 amide bonds. The molecular formula is C25H31N5O7S. The molecule has 0 radical (unpaired) electrons. The Balaban J connectivity index is 1.41.